The summed E-state index contributed by atoms with van der Waals surface area (Å²) in [5, 5.41) is 7.08. The van der Waals surface area contributed by atoms with Gasteiger partial charge in [0.25, 0.3) is 0 Å². The molecule has 0 unspecified atom stereocenters. The van der Waals surface area contributed by atoms with Crippen LogP contribution in [-0.2, 0) is 4.79 Å². The number of pyridine rings is 1. The number of para-hydroxylation sites is 1. The van der Waals surface area contributed by atoms with Crippen molar-refractivity contribution in [2.75, 3.05) is 5.75 Å². The standard InChI is InChI=1S/C17H15N3OS2/c1-12-7-9-22-15(12)10-19-20-16(21)11-23-14-6-2-4-13-5-3-8-18-17(13)14/h2-10H,11H2,1H3,(H,20,21)/b19-10-. The maximum Gasteiger partial charge on any atom is 0.250 e. The number of thioether (sulfide) groups is 1. The fourth-order valence-electron chi connectivity index (χ4n) is 2.05. The molecule has 0 saturated carbocycles. The monoisotopic (exact) mass is 341 g/mol. The third-order valence-electron chi connectivity index (χ3n) is 3.23. The molecule has 3 rings (SSSR count). The summed E-state index contributed by atoms with van der Waals surface area (Å²) in [6, 6.07) is 11.9. The average Bonchev–Trinajstić information content (AvgIpc) is 2.98. The Hall–Kier alpha value is -2.18. The highest BCUT2D eigenvalue weighted by Gasteiger charge is 2.06. The number of nitrogens with zero attached hydrogens (tertiary/aromatic N) is 2. The number of benzene rings is 1. The maximum absolute atomic E-state index is 11.9. The largest absolute Gasteiger partial charge is 0.272 e. The molecule has 1 aromatic carbocycles. The lowest BCUT2D eigenvalue weighted by Crippen LogP contribution is -2.19. The van der Waals surface area contributed by atoms with E-state index < -0.39 is 0 Å². The van der Waals surface area contributed by atoms with E-state index in [9.17, 15) is 4.79 Å². The second-order valence-corrected chi connectivity index (χ2v) is 6.85. The molecule has 4 nitrogen and oxygen atoms in total. The number of hydrazone groups is 1. The lowest BCUT2D eigenvalue weighted by molar-refractivity contribution is -0.118. The molecule has 0 aliphatic carbocycles. The number of thiophene rings is 1. The van der Waals surface area contributed by atoms with Crippen molar-refractivity contribution >= 4 is 46.1 Å². The molecule has 1 amide bonds. The Kier molecular flexibility index (Phi) is 5.05. The number of hydrogen-bond acceptors (Lipinski definition) is 5. The minimum atomic E-state index is -0.131. The summed E-state index contributed by atoms with van der Waals surface area (Å²) >= 11 is 3.06. The van der Waals surface area contributed by atoms with Crippen LogP contribution in [0.15, 0.2) is 58.0 Å². The van der Waals surface area contributed by atoms with E-state index in [0.717, 1.165) is 26.2 Å². The highest BCUT2D eigenvalue weighted by molar-refractivity contribution is 8.00. The van der Waals surface area contributed by atoms with Crippen molar-refractivity contribution < 1.29 is 4.79 Å². The highest BCUT2D eigenvalue weighted by atomic mass is 32.2. The van der Waals surface area contributed by atoms with Crippen LogP contribution in [0.25, 0.3) is 10.9 Å². The number of carbonyl (C=O) groups is 1. The molecule has 0 atom stereocenters. The Bertz CT molecular complexity index is 852. The zero-order chi connectivity index (χ0) is 16.1. The Balaban J connectivity index is 1.58. The molecule has 0 spiro atoms. The summed E-state index contributed by atoms with van der Waals surface area (Å²) in [5.41, 5.74) is 4.64. The Morgan fingerprint density at radius 3 is 3.04 bits per heavy atom. The van der Waals surface area contributed by atoms with Crippen LogP contribution in [0.5, 0.6) is 0 Å². The molecule has 0 aliphatic heterocycles. The number of aryl methyl sites for hydroxylation is 1. The summed E-state index contributed by atoms with van der Waals surface area (Å²) in [6.07, 6.45) is 3.45. The molecular weight excluding hydrogens is 326 g/mol. The topological polar surface area (TPSA) is 54.4 Å². The smallest absolute Gasteiger partial charge is 0.250 e. The van der Waals surface area contributed by atoms with E-state index in [-0.39, 0.29) is 5.91 Å². The first kappa shape index (κ1) is 15.7. The van der Waals surface area contributed by atoms with Crippen LogP contribution >= 0.6 is 23.1 Å². The molecule has 3 aromatic rings. The number of carbonyl (C=O) groups excluding carboxylic acids is 1. The number of fused-ring (bicyclic) bond motifs is 1. The summed E-state index contributed by atoms with van der Waals surface area (Å²) in [6.45, 7) is 2.02. The van der Waals surface area contributed by atoms with Gasteiger partial charge >= 0.3 is 0 Å². The Morgan fingerprint density at radius 2 is 2.22 bits per heavy atom. The number of amides is 1. The first-order valence-electron chi connectivity index (χ1n) is 7.06. The average molecular weight is 341 g/mol. The zero-order valence-electron chi connectivity index (χ0n) is 12.5. The Labute approximate surface area is 142 Å². The number of rotatable bonds is 5. The van der Waals surface area contributed by atoms with Crippen LogP contribution in [0.2, 0.25) is 0 Å². The van der Waals surface area contributed by atoms with Gasteiger partial charge in [0.15, 0.2) is 0 Å². The molecule has 1 N–H and O–H groups in total. The number of aromatic nitrogens is 1. The van der Waals surface area contributed by atoms with E-state index in [1.807, 2.05) is 48.7 Å². The molecule has 0 fully saturated rings. The molecule has 0 saturated heterocycles. The van der Waals surface area contributed by atoms with Crippen LogP contribution in [0.3, 0.4) is 0 Å². The van der Waals surface area contributed by atoms with E-state index in [2.05, 4.69) is 15.5 Å². The lowest BCUT2D eigenvalue weighted by Gasteiger charge is -2.04. The molecule has 2 aromatic heterocycles. The third-order valence-corrected chi connectivity index (χ3v) is 5.23. The van der Waals surface area contributed by atoms with E-state index in [1.165, 1.54) is 11.8 Å². The van der Waals surface area contributed by atoms with Crippen molar-refractivity contribution in [2.45, 2.75) is 11.8 Å². The third kappa shape index (κ3) is 3.97. The van der Waals surface area contributed by atoms with Gasteiger partial charge in [0.1, 0.15) is 0 Å². The predicted octanol–water partition coefficient (Wildman–Crippen LogP) is 3.85. The first-order chi connectivity index (χ1) is 11.2. The van der Waals surface area contributed by atoms with Gasteiger partial charge in [0, 0.05) is 21.4 Å². The summed E-state index contributed by atoms with van der Waals surface area (Å²) in [7, 11) is 0. The SMILES string of the molecule is Cc1ccsc1/C=N\NC(=O)CSc1cccc2cccnc12. The molecule has 0 aliphatic rings. The van der Waals surface area contributed by atoms with Gasteiger partial charge in [0.2, 0.25) is 5.91 Å². The molecule has 0 bridgehead atoms. The van der Waals surface area contributed by atoms with Crippen LogP contribution in [0.4, 0.5) is 0 Å². The highest BCUT2D eigenvalue weighted by Crippen LogP contribution is 2.25. The normalized spacial score (nSPS) is 11.2. The predicted molar refractivity (Wildman–Crippen MR) is 97.3 cm³/mol. The zero-order valence-corrected chi connectivity index (χ0v) is 14.2. The van der Waals surface area contributed by atoms with Gasteiger partial charge in [-0.2, -0.15) is 5.10 Å². The second-order valence-electron chi connectivity index (χ2n) is 4.88. The van der Waals surface area contributed by atoms with Crippen LogP contribution in [-0.4, -0.2) is 22.9 Å². The number of hydrogen-bond donors (Lipinski definition) is 1. The molecule has 0 radical (unpaired) electrons. The fourth-order valence-corrected chi connectivity index (χ4v) is 3.67. The summed E-state index contributed by atoms with van der Waals surface area (Å²) in [5.74, 6) is 0.171. The minimum Gasteiger partial charge on any atom is -0.272 e. The summed E-state index contributed by atoms with van der Waals surface area (Å²) in [4.78, 5) is 18.3. The molecule has 23 heavy (non-hydrogen) atoms. The van der Waals surface area contributed by atoms with E-state index >= 15 is 0 Å². The van der Waals surface area contributed by atoms with Crippen molar-refractivity contribution in [2.24, 2.45) is 5.10 Å². The maximum atomic E-state index is 11.9. The van der Waals surface area contributed by atoms with Crippen molar-refractivity contribution in [3.05, 3.63) is 58.4 Å². The summed E-state index contributed by atoms with van der Waals surface area (Å²) < 4.78 is 0. The second kappa shape index (κ2) is 7.39. The van der Waals surface area contributed by atoms with Crippen LogP contribution in [0.1, 0.15) is 10.4 Å². The van der Waals surface area contributed by atoms with Gasteiger partial charge in [-0.15, -0.1) is 23.1 Å². The van der Waals surface area contributed by atoms with Gasteiger partial charge in [-0.05, 0) is 36.1 Å². The van der Waals surface area contributed by atoms with E-state index in [1.54, 1.807) is 23.7 Å². The molecule has 6 heteroatoms. The van der Waals surface area contributed by atoms with Crippen LogP contribution < -0.4 is 5.43 Å². The molecular formula is C17H15N3OS2. The van der Waals surface area contributed by atoms with Gasteiger partial charge in [-0.25, -0.2) is 5.43 Å². The minimum absolute atomic E-state index is 0.131. The number of nitrogens with one attached hydrogen (secondary N) is 1. The molecule has 116 valence electrons. The van der Waals surface area contributed by atoms with Crippen LogP contribution in [0, 0.1) is 6.92 Å². The van der Waals surface area contributed by atoms with E-state index in [4.69, 9.17) is 0 Å². The van der Waals surface area contributed by atoms with Gasteiger partial charge in [-0.1, -0.05) is 18.2 Å². The van der Waals surface area contributed by atoms with Crippen molar-refractivity contribution in [3.63, 3.8) is 0 Å². The van der Waals surface area contributed by atoms with Crippen molar-refractivity contribution in [3.8, 4) is 0 Å². The quantitative estimate of drug-likeness (QED) is 0.436. The fraction of sp³-hybridized carbons (Fsp3) is 0.118. The van der Waals surface area contributed by atoms with Gasteiger partial charge < -0.3 is 0 Å². The van der Waals surface area contributed by atoms with Gasteiger partial charge in [0.05, 0.1) is 17.5 Å². The van der Waals surface area contributed by atoms with E-state index in [0.29, 0.717) is 5.75 Å². The Morgan fingerprint density at radius 1 is 1.35 bits per heavy atom. The first-order valence-corrected chi connectivity index (χ1v) is 8.93. The molecule has 2 heterocycles. The van der Waals surface area contributed by atoms with Gasteiger partial charge in [-0.3, -0.25) is 9.78 Å². The lowest BCUT2D eigenvalue weighted by atomic mass is 10.2. The van der Waals surface area contributed by atoms with Crippen molar-refractivity contribution in [1.82, 2.24) is 10.4 Å². The van der Waals surface area contributed by atoms with Crippen molar-refractivity contribution in [1.29, 1.82) is 0 Å².